The van der Waals surface area contributed by atoms with Crippen LogP contribution in [0.2, 0.25) is 5.02 Å². The number of benzene rings is 2. The highest BCUT2D eigenvalue weighted by atomic mass is 79.9. The molecule has 2 aromatic carbocycles. The van der Waals surface area contributed by atoms with E-state index in [9.17, 15) is 4.79 Å². The normalized spacial score (nSPS) is 10.7. The number of rotatable bonds is 6. The molecule has 0 saturated heterocycles. The predicted molar refractivity (Wildman–Crippen MR) is 109 cm³/mol. The third-order valence-corrected chi connectivity index (χ3v) is 5.59. The lowest BCUT2D eigenvalue weighted by Crippen LogP contribution is -2.16. The summed E-state index contributed by atoms with van der Waals surface area (Å²) in [5, 5.41) is 12.6. The van der Waals surface area contributed by atoms with E-state index in [1.165, 1.54) is 11.8 Å². The summed E-state index contributed by atoms with van der Waals surface area (Å²) in [6.07, 6.45) is 0. The van der Waals surface area contributed by atoms with Crippen LogP contribution in [0.3, 0.4) is 0 Å². The van der Waals surface area contributed by atoms with Gasteiger partial charge >= 0.3 is 0 Å². The van der Waals surface area contributed by atoms with Crippen molar-refractivity contribution in [2.75, 3.05) is 5.32 Å². The molecule has 0 saturated carbocycles. The van der Waals surface area contributed by atoms with Crippen molar-refractivity contribution >= 4 is 51.1 Å². The second-order valence-corrected chi connectivity index (χ2v) is 7.66. The molecule has 0 aliphatic rings. The van der Waals surface area contributed by atoms with Crippen molar-refractivity contribution in [3.8, 4) is 0 Å². The van der Waals surface area contributed by atoms with Gasteiger partial charge in [0.15, 0.2) is 5.16 Å². The third kappa shape index (κ3) is 4.47. The zero-order chi connectivity index (χ0) is 18.5. The molecule has 26 heavy (non-hydrogen) atoms. The molecular weight excluding hydrogens is 436 g/mol. The van der Waals surface area contributed by atoms with E-state index in [4.69, 9.17) is 11.6 Å². The topological polar surface area (TPSA) is 59.8 Å². The van der Waals surface area contributed by atoms with Gasteiger partial charge in [-0.1, -0.05) is 57.5 Å². The van der Waals surface area contributed by atoms with Crippen molar-refractivity contribution in [3.63, 3.8) is 0 Å². The van der Waals surface area contributed by atoms with Crippen LogP contribution in [0.4, 0.5) is 5.95 Å². The fourth-order valence-electron chi connectivity index (χ4n) is 2.31. The summed E-state index contributed by atoms with van der Waals surface area (Å²) in [5.74, 6) is 0.891. The van der Waals surface area contributed by atoms with Crippen LogP contribution in [0.15, 0.2) is 58.2 Å². The Balaban J connectivity index is 1.72. The smallest absolute Gasteiger partial charge is 0.258 e. The quantitative estimate of drug-likeness (QED) is 0.519. The van der Waals surface area contributed by atoms with Crippen molar-refractivity contribution in [1.29, 1.82) is 0 Å². The van der Waals surface area contributed by atoms with Crippen LogP contribution < -0.4 is 5.32 Å². The lowest BCUT2D eigenvalue weighted by Gasteiger charge is -2.09. The molecule has 134 valence electrons. The molecule has 0 aliphatic carbocycles. The van der Waals surface area contributed by atoms with Crippen LogP contribution in [0.25, 0.3) is 0 Å². The van der Waals surface area contributed by atoms with E-state index in [0.29, 0.717) is 23.8 Å². The zero-order valence-corrected chi connectivity index (χ0v) is 17.1. The number of carbonyl (C=O) groups excluding carboxylic acids is 1. The summed E-state index contributed by atoms with van der Waals surface area (Å²) in [6.45, 7) is 2.63. The van der Waals surface area contributed by atoms with Gasteiger partial charge in [0.25, 0.3) is 5.91 Å². The summed E-state index contributed by atoms with van der Waals surface area (Å²) in [5.41, 5.74) is 1.59. The molecule has 3 rings (SSSR count). The number of amides is 1. The maximum Gasteiger partial charge on any atom is 0.258 e. The van der Waals surface area contributed by atoms with E-state index < -0.39 is 0 Å². The average molecular weight is 452 g/mol. The Morgan fingerprint density at radius 3 is 2.62 bits per heavy atom. The van der Waals surface area contributed by atoms with E-state index in [-0.39, 0.29) is 5.91 Å². The second-order valence-electron chi connectivity index (χ2n) is 5.39. The number of carbonyl (C=O) groups is 1. The third-order valence-electron chi connectivity index (χ3n) is 3.68. The van der Waals surface area contributed by atoms with Gasteiger partial charge in [0.1, 0.15) is 0 Å². The molecule has 1 N–H and O–H groups in total. The Bertz CT molecular complexity index is 914. The number of thioether (sulfide) groups is 1. The zero-order valence-electron chi connectivity index (χ0n) is 13.9. The summed E-state index contributed by atoms with van der Waals surface area (Å²) in [7, 11) is 0. The molecule has 0 spiro atoms. The second kappa shape index (κ2) is 8.70. The van der Waals surface area contributed by atoms with Crippen molar-refractivity contribution in [1.82, 2.24) is 14.8 Å². The van der Waals surface area contributed by atoms with Crippen LogP contribution in [-0.4, -0.2) is 20.7 Å². The number of nitrogens with one attached hydrogen (secondary N) is 1. The van der Waals surface area contributed by atoms with Crippen molar-refractivity contribution < 1.29 is 4.79 Å². The Hall–Kier alpha value is -1.83. The van der Waals surface area contributed by atoms with E-state index in [2.05, 4.69) is 31.4 Å². The first kappa shape index (κ1) is 18.9. The molecule has 1 amide bonds. The van der Waals surface area contributed by atoms with Crippen LogP contribution in [0, 0.1) is 0 Å². The van der Waals surface area contributed by atoms with Gasteiger partial charge < -0.3 is 0 Å². The molecule has 0 aliphatic heterocycles. The summed E-state index contributed by atoms with van der Waals surface area (Å²) in [6, 6.07) is 14.9. The van der Waals surface area contributed by atoms with Gasteiger partial charge in [0.2, 0.25) is 5.95 Å². The van der Waals surface area contributed by atoms with Gasteiger partial charge in [-0.25, -0.2) is 0 Å². The van der Waals surface area contributed by atoms with Crippen molar-refractivity contribution in [3.05, 3.63) is 69.2 Å². The highest BCUT2D eigenvalue weighted by Gasteiger charge is 2.15. The maximum atomic E-state index is 12.4. The minimum atomic E-state index is -0.220. The van der Waals surface area contributed by atoms with Gasteiger partial charge in [-0.15, -0.1) is 10.2 Å². The summed E-state index contributed by atoms with van der Waals surface area (Å²) >= 11 is 11.1. The lowest BCUT2D eigenvalue weighted by molar-refractivity contribution is 0.102. The highest BCUT2D eigenvalue weighted by molar-refractivity contribution is 9.10. The summed E-state index contributed by atoms with van der Waals surface area (Å²) in [4.78, 5) is 12.4. The Kier molecular flexibility index (Phi) is 6.34. The lowest BCUT2D eigenvalue weighted by atomic mass is 10.2. The van der Waals surface area contributed by atoms with Gasteiger partial charge in [0.05, 0.1) is 0 Å². The number of aromatic nitrogens is 3. The predicted octanol–water partition coefficient (Wildman–Crippen LogP) is 5.26. The van der Waals surface area contributed by atoms with Crippen LogP contribution >= 0.6 is 39.3 Å². The number of hydrogen-bond donors (Lipinski definition) is 1. The van der Waals surface area contributed by atoms with Gasteiger partial charge in [-0.2, -0.15) is 0 Å². The molecule has 5 nitrogen and oxygen atoms in total. The number of nitrogens with zero attached hydrogens (tertiary/aromatic N) is 3. The molecule has 1 heterocycles. The van der Waals surface area contributed by atoms with E-state index >= 15 is 0 Å². The number of hydrogen-bond acceptors (Lipinski definition) is 4. The van der Waals surface area contributed by atoms with Crippen LogP contribution in [0.5, 0.6) is 0 Å². The molecule has 0 radical (unpaired) electrons. The Morgan fingerprint density at radius 1 is 1.19 bits per heavy atom. The first-order valence-electron chi connectivity index (χ1n) is 7.94. The van der Waals surface area contributed by atoms with Gasteiger partial charge in [-0.3, -0.25) is 14.7 Å². The Morgan fingerprint density at radius 2 is 1.92 bits per heavy atom. The van der Waals surface area contributed by atoms with Gasteiger partial charge in [-0.05, 0) is 42.8 Å². The van der Waals surface area contributed by atoms with Gasteiger partial charge in [0, 0.05) is 27.4 Å². The van der Waals surface area contributed by atoms with Crippen LogP contribution in [0.1, 0.15) is 22.8 Å². The van der Waals surface area contributed by atoms with Crippen molar-refractivity contribution in [2.45, 2.75) is 24.4 Å². The maximum absolute atomic E-state index is 12.4. The molecule has 3 aromatic rings. The molecule has 0 fully saturated rings. The van der Waals surface area contributed by atoms with E-state index in [1.807, 2.05) is 47.9 Å². The highest BCUT2D eigenvalue weighted by Crippen LogP contribution is 2.27. The fourth-order valence-corrected chi connectivity index (χ4v) is 3.86. The number of halogens is 2. The molecule has 8 heteroatoms. The largest absolute Gasteiger partial charge is 0.290 e. The first-order chi connectivity index (χ1) is 12.6. The van der Waals surface area contributed by atoms with E-state index in [0.717, 1.165) is 20.2 Å². The molecular formula is C18H16BrClN4OS. The molecule has 0 unspecified atom stereocenters. The fraction of sp³-hybridized carbons (Fsp3) is 0.167. The number of anilines is 1. The summed E-state index contributed by atoms with van der Waals surface area (Å²) < 4.78 is 2.79. The van der Waals surface area contributed by atoms with Crippen molar-refractivity contribution in [2.24, 2.45) is 0 Å². The SMILES string of the molecule is CCn1c(NC(=O)c2ccc(Br)cc2)nnc1SCc1ccccc1Cl. The first-order valence-corrected chi connectivity index (χ1v) is 10.1. The standard InChI is InChI=1S/C18H16BrClN4OS/c1-2-24-17(21-16(25)12-7-9-14(19)10-8-12)22-23-18(24)26-11-13-5-3-4-6-15(13)20/h3-10H,2,11H2,1H3,(H,21,22,25). The molecule has 1 aromatic heterocycles. The average Bonchev–Trinajstić information content (AvgIpc) is 3.03. The minimum absolute atomic E-state index is 0.220. The monoisotopic (exact) mass is 450 g/mol. The molecule has 0 atom stereocenters. The Labute approximate surface area is 169 Å². The van der Waals surface area contributed by atoms with E-state index in [1.54, 1.807) is 12.1 Å². The molecule has 0 bridgehead atoms. The van der Waals surface area contributed by atoms with Crippen LogP contribution in [-0.2, 0) is 12.3 Å². The minimum Gasteiger partial charge on any atom is -0.290 e.